The van der Waals surface area contributed by atoms with Gasteiger partial charge in [-0.2, -0.15) is 0 Å². The van der Waals surface area contributed by atoms with Crippen molar-refractivity contribution in [3.05, 3.63) is 48.4 Å². The van der Waals surface area contributed by atoms with Crippen LogP contribution in [0.5, 0.6) is 0 Å². The van der Waals surface area contributed by atoms with Crippen LogP contribution in [0, 0.1) is 0 Å². The molecule has 0 bridgehead atoms. The fourth-order valence-corrected chi connectivity index (χ4v) is 1.85. The molecule has 3 rings (SSSR count). The van der Waals surface area contributed by atoms with Crippen LogP contribution in [-0.2, 0) is 4.79 Å². The molecule has 0 saturated carbocycles. The smallest absolute Gasteiger partial charge is 0.241 e. The van der Waals surface area contributed by atoms with Gasteiger partial charge in [-0.05, 0) is 18.2 Å². The number of nitrogens with zero attached hydrogens (tertiary/aromatic N) is 3. The normalized spacial score (nSPS) is 11.2. The van der Waals surface area contributed by atoms with E-state index in [4.69, 9.17) is 5.73 Å². The third-order valence-electron chi connectivity index (χ3n) is 2.76. The molecule has 6 heteroatoms. The SMILES string of the molecule is NC(=O)/C=C/c1c[nH]c2ncc(-c3ccccn3)nc12. The maximum Gasteiger partial charge on any atom is 0.241 e. The van der Waals surface area contributed by atoms with E-state index < -0.39 is 5.91 Å². The molecule has 6 nitrogen and oxygen atoms in total. The Hall–Kier alpha value is -3.02. The van der Waals surface area contributed by atoms with Crippen molar-refractivity contribution in [2.45, 2.75) is 0 Å². The molecule has 3 heterocycles. The van der Waals surface area contributed by atoms with Crippen molar-refractivity contribution in [1.29, 1.82) is 0 Å². The fraction of sp³-hybridized carbons (Fsp3) is 0. The third kappa shape index (κ3) is 2.26. The van der Waals surface area contributed by atoms with E-state index in [0.717, 1.165) is 11.3 Å². The second kappa shape index (κ2) is 4.93. The Morgan fingerprint density at radius 3 is 2.90 bits per heavy atom. The Morgan fingerprint density at radius 2 is 2.15 bits per heavy atom. The number of rotatable bonds is 3. The molecule has 20 heavy (non-hydrogen) atoms. The van der Waals surface area contributed by atoms with Crippen LogP contribution in [-0.4, -0.2) is 25.8 Å². The second-order valence-electron chi connectivity index (χ2n) is 4.15. The lowest BCUT2D eigenvalue weighted by Crippen LogP contribution is -2.05. The molecular weight excluding hydrogens is 254 g/mol. The Morgan fingerprint density at radius 1 is 1.25 bits per heavy atom. The minimum Gasteiger partial charge on any atom is -0.366 e. The molecule has 0 unspecified atom stereocenters. The Kier molecular flexibility index (Phi) is 2.96. The standard InChI is InChI=1S/C14H11N5O/c15-12(20)5-4-9-7-17-14-13(9)19-11(8-18-14)10-3-1-2-6-16-10/h1-8H,(H2,15,20)(H,17,18)/b5-4+. The molecule has 0 spiro atoms. The van der Waals surface area contributed by atoms with Gasteiger partial charge in [0.05, 0.1) is 11.9 Å². The number of fused-ring (bicyclic) bond motifs is 1. The van der Waals surface area contributed by atoms with Gasteiger partial charge in [0.1, 0.15) is 11.2 Å². The van der Waals surface area contributed by atoms with Gasteiger partial charge in [-0.1, -0.05) is 6.07 Å². The molecule has 3 N–H and O–H groups in total. The molecule has 3 aromatic heterocycles. The number of aromatic nitrogens is 4. The number of aromatic amines is 1. The molecule has 0 aliphatic carbocycles. The van der Waals surface area contributed by atoms with Crippen LogP contribution < -0.4 is 5.73 Å². The van der Waals surface area contributed by atoms with Crippen molar-refractivity contribution in [3.63, 3.8) is 0 Å². The fourth-order valence-electron chi connectivity index (χ4n) is 1.85. The van der Waals surface area contributed by atoms with E-state index in [1.807, 2.05) is 18.2 Å². The van der Waals surface area contributed by atoms with Gasteiger partial charge in [0.25, 0.3) is 0 Å². The van der Waals surface area contributed by atoms with Gasteiger partial charge in [0.15, 0.2) is 5.65 Å². The van der Waals surface area contributed by atoms with E-state index >= 15 is 0 Å². The first-order valence-electron chi connectivity index (χ1n) is 5.97. The van der Waals surface area contributed by atoms with Gasteiger partial charge in [0.2, 0.25) is 5.91 Å². The van der Waals surface area contributed by atoms with Crippen molar-refractivity contribution >= 4 is 23.1 Å². The van der Waals surface area contributed by atoms with Gasteiger partial charge in [-0.25, -0.2) is 9.97 Å². The van der Waals surface area contributed by atoms with Crippen LogP contribution >= 0.6 is 0 Å². The zero-order valence-corrected chi connectivity index (χ0v) is 10.4. The molecule has 0 aliphatic rings. The summed E-state index contributed by atoms with van der Waals surface area (Å²) in [6.45, 7) is 0. The van der Waals surface area contributed by atoms with Crippen LogP contribution in [0.2, 0.25) is 0 Å². The van der Waals surface area contributed by atoms with Crippen LogP contribution in [0.4, 0.5) is 0 Å². The summed E-state index contributed by atoms with van der Waals surface area (Å²) in [6.07, 6.45) is 7.98. The number of primary amides is 1. The van der Waals surface area contributed by atoms with Crippen LogP contribution in [0.3, 0.4) is 0 Å². The van der Waals surface area contributed by atoms with E-state index in [0.29, 0.717) is 16.9 Å². The van der Waals surface area contributed by atoms with Gasteiger partial charge in [-0.15, -0.1) is 0 Å². The van der Waals surface area contributed by atoms with Gasteiger partial charge in [-0.3, -0.25) is 9.78 Å². The van der Waals surface area contributed by atoms with Gasteiger partial charge in [0, 0.05) is 24.0 Å². The van der Waals surface area contributed by atoms with Crippen LogP contribution in [0.15, 0.2) is 42.9 Å². The average Bonchev–Trinajstić information content (AvgIpc) is 2.88. The lowest BCUT2D eigenvalue weighted by Gasteiger charge is -1.99. The van der Waals surface area contributed by atoms with Crippen molar-refractivity contribution < 1.29 is 4.79 Å². The third-order valence-corrected chi connectivity index (χ3v) is 2.76. The van der Waals surface area contributed by atoms with Crippen LogP contribution in [0.25, 0.3) is 28.6 Å². The molecule has 98 valence electrons. The van der Waals surface area contributed by atoms with Crippen molar-refractivity contribution in [3.8, 4) is 11.4 Å². The summed E-state index contributed by atoms with van der Waals surface area (Å²) in [7, 11) is 0. The minimum atomic E-state index is -0.506. The summed E-state index contributed by atoms with van der Waals surface area (Å²) in [4.78, 5) is 26.9. The zero-order chi connectivity index (χ0) is 13.9. The largest absolute Gasteiger partial charge is 0.366 e. The molecule has 0 saturated heterocycles. The van der Waals surface area contributed by atoms with E-state index in [9.17, 15) is 4.79 Å². The molecule has 0 radical (unpaired) electrons. The average molecular weight is 265 g/mol. The topological polar surface area (TPSA) is 97.6 Å². The van der Waals surface area contributed by atoms with E-state index in [-0.39, 0.29) is 0 Å². The molecule has 0 atom stereocenters. The monoisotopic (exact) mass is 265 g/mol. The highest BCUT2D eigenvalue weighted by atomic mass is 16.1. The number of H-pyrrole nitrogens is 1. The van der Waals surface area contributed by atoms with Crippen LogP contribution in [0.1, 0.15) is 5.56 Å². The number of nitrogens with two attached hydrogens (primary N) is 1. The first kappa shape index (κ1) is 12.0. The Bertz CT molecular complexity index is 792. The van der Waals surface area contributed by atoms with E-state index in [1.165, 1.54) is 6.08 Å². The number of pyridine rings is 1. The second-order valence-corrected chi connectivity index (χ2v) is 4.15. The van der Waals surface area contributed by atoms with Crippen molar-refractivity contribution in [2.75, 3.05) is 0 Å². The van der Waals surface area contributed by atoms with Crippen molar-refractivity contribution in [1.82, 2.24) is 19.9 Å². The number of hydrogen-bond donors (Lipinski definition) is 2. The van der Waals surface area contributed by atoms with Crippen molar-refractivity contribution in [2.24, 2.45) is 5.73 Å². The zero-order valence-electron chi connectivity index (χ0n) is 10.4. The summed E-state index contributed by atoms with van der Waals surface area (Å²) >= 11 is 0. The highest BCUT2D eigenvalue weighted by molar-refractivity contribution is 5.93. The summed E-state index contributed by atoms with van der Waals surface area (Å²) in [5.74, 6) is -0.506. The number of amides is 1. The van der Waals surface area contributed by atoms with E-state index in [1.54, 1.807) is 24.7 Å². The molecule has 0 aromatic carbocycles. The first-order valence-corrected chi connectivity index (χ1v) is 5.97. The molecule has 3 aromatic rings. The predicted octanol–water partition coefficient (Wildman–Crippen LogP) is 1.52. The number of hydrogen-bond acceptors (Lipinski definition) is 4. The highest BCUT2D eigenvalue weighted by Gasteiger charge is 2.07. The van der Waals surface area contributed by atoms with E-state index in [2.05, 4.69) is 19.9 Å². The Labute approximate surface area is 114 Å². The molecular formula is C14H11N5O. The highest BCUT2D eigenvalue weighted by Crippen LogP contribution is 2.20. The summed E-state index contributed by atoms with van der Waals surface area (Å²) in [5, 5.41) is 0. The number of carbonyl (C=O) groups excluding carboxylic acids is 1. The quantitative estimate of drug-likeness (QED) is 0.701. The molecule has 0 aliphatic heterocycles. The minimum absolute atomic E-state index is 0.506. The summed E-state index contributed by atoms with van der Waals surface area (Å²) in [5.41, 5.74) is 8.58. The summed E-state index contributed by atoms with van der Waals surface area (Å²) in [6, 6.07) is 5.59. The number of carbonyl (C=O) groups is 1. The predicted molar refractivity (Wildman–Crippen MR) is 75.3 cm³/mol. The van der Waals surface area contributed by atoms with Gasteiger partial charge >= 0.3 is 0 Å². The molecule has 0 fully saturated rings. The lowest BCUT2D eigenvalue weighted by atomic mass is 10.2. The van der Waals surface area contributed by atoms with Gasteiger partial charge < -0.3 is 10.7 Å². The number of nitrogens with one attached hydrogen (secondary N) is 1. The first-order chi connectivity index (χ1) is 9.74. The Balaban J connectivity index is 2.10. The maximum atomic E-state index is 10.8. The lowest BCUT2D eigenvalue weighted by molar-refractivity contribution is -0.113. The molecule has 1 amide bonds. The maximum absolute atomic E-state index is 10.8. The summed E-state index contributed by atoms with van der Waals surface area (Å²) < 4.78 is 0.